The molecular formula is C10H10BrN3O3S. The van der Waals surface area contributed by atoms with Gasteiger partial charge in [0.25, 0.3) is 5.89 Å². The maximum Gasteiger partial charge on any atom is 0.320 e. The molecule has 2 aromatic rings. The Labute approximate surface area is 115 Å². The van der Waals surface area contributed by atoms with E-state index in [0.717, 1.165) is 8.66 Å². The number of nitrogens with one attached hydrogen (secondary N) is 1. The minimum absolute atomic E-state index is 0.229. The van der Waals surface area contributed by atoms with Crippen LogP contribution in [0.1, 0.15) is 12.8 Å². The van der Waals surface area contributed by atoms with Crippen LogP contribution in [0.15, 0.2) is 20.3 Å². The predicted octanol–water partition coefficient (Wildman–Crippen LogP) is 2.12. The van der Waals surface area contributed by atoms with Crippen molar-refractivity contribution in [2.24, 2.45) is 0 Å². The fourth-order valence-corrected chi connectivity index (χ4v) is 2.49. The Morgan fingerprint density at radius 1 is 1.61 bits per heavy atom. The molecule has 0 fully saturated rings. The summed E-state index contributed by atoms with van der Waals surface area (Å²) in [6.45, 7) is 1.78. The van der Waals surface area contributed by atoms with E-state index in [1.54, 1.807) is 6.92 Å². The number of aliphatic carboxylic acids is 1. The first kappa shape index (κ1) is 13.2. The number of thiophene rings is 1. The monoisotopic (exact) mass is 331 g/mol. The van der Waals surface area contributed by atoms with E-state index in [2.05, 4.69) is 31.4 Å². The zero-order valence-electron chi connectivity index (χ0n) is 9.38. The Bertz CT molecular complexity index is 554. The highest BCUT2D eigenvalue weighted by Gasteiger charge is 2.13. The normalized spacial score (nSPS) is 12.6. The highest BCUT2D eigenvalue weighted by molar-refractivity contribution is 9.11. The zero-order valence-corrected chi connectivity index (χ0v) is 11.8. The molecule has 2 N–H and O–H groups in total. The topological polar surface area (TPSA) is 88.3 Å². The number of rotatable bonds is 5. The van der Waals surface area contributed by atoms with Crippen molar-refractivity contribution in [3.05, 3.63) is 21.8 Å². The third-order valence-electron chi connectivity index (χ3n) is 2.18. The Hall–Kier alpha value is -1.25. The lowest BCUT2D eigenvalue weighted by Gasteiger charge is -2.05. The van der Waals surface area contributed by atoms with Gasteiger partial charge < -0.3 is 9.52 Å². The molecule has 0 aliphatic carbocycles. The largest absolute Gasteiger partial charge is 0.480 e. The quantitative estimate of drug-likeness (QED) is 0.872. The lowest BCUT2D eigenvalue weighted by Crippen LogP contribution is -2.33. The van der Waals surface area contributed by atoms with Gasteiger partial charge in [-0.1, -0.05) is 0 Å². The summed E-state index contributed by atoms with van der Waals surface area (Å²) in [5, 5.41) is 19.2. The maximum atomic E-state index is 10.6. The summed E-state index contributed by atoms with van der Waals surface area (Å²) in [6, 6.07) is 3.12. The molecule has 8 heteroatoms. The minimum Gasteiger partial charge on any atom is -0.480 e. The summed E-state index contributed by atoms with van der Waals surface area (Å²) in [4.78, 5) is 11.5. The summed E-state index contributed by atoms with van der Waals surface area (Å²) in [5.74, 6) is -0.120. The van der Waals surface area contributed by atoms with Crippen LogP contribution in [0.25, 0.3) is 10.8 Å². The van der Waals surface area contributed by atoms with E-state index in [-0.39, 0.29) is 6.54 Å². The van der Waals surface area contributed by atoms with Gasteiger partial charge in [0, 0.05) is 0 Å². The molecule has 1 unspecified atom stereocenters. The van der Waals surface area contributed by atoms with Crippen molar-refractivity contribution < 1.29 is 14.3 Å². The Kier molecular flexibility index (Phi) is 4.10. The molecule has 0 bridgehead atoms. The van der Waals surface area contributed by atoms with Gasteiger partial charge in [-0.15, -0.1) is 21.5 Å². The highest BCUT2D eigenvalue weighted by atomic mass is 79.9. The molecule has 96 valence electrons. The van der Waals surface area contributed by atoms with E-state index in [1.807, 2.05) is 12.1 Å². The average Bonchev–Trinajstić information content (AvgIpc) is 2.94. The van der Waals surface area contributed by atoms with Gasteiger partial charge >= 0.3 is 5.97 Å². The van der Waals surface area contributed by atoms with Crippen molar-refractivity contribution >= 4 is 33.2 Å². The van der Waals surface area contributed by atoms with Crippen molar-refractivity contribution in [2.75, 3.05) is 0 Å². The molecule has 0 saturated heterocycles. The van der Waals surface area contributed by atoms with Crippen LogP contribution >= 0.6 is 27.3 Å². The van der Waals surface area contributed by atoms with Gasteiger partial charge in [-0.25, -0.2) is 0 Å². The van der Waals surface area contributed by atoms with E-state index in [9.17, 15) is 4.79 Å². The van der Waals surface area contributed by atoms with Gasteiger partial charge in [0.1, 0.15) is 6.04 Å². The van der Waals surface area contributed by atoms with Crippen LogP contribution in [0.5, 0.6) is 0 Å². The van der Waals surface area contributed by atoms with E-state index < -0.39 is 12.0 Å². The number of carboxylic acids is 1. The first-order valence-corrected chi connectivity index (χ1v) is 6.71. The van der Waals surface area contributed by atoms with Crippen molar-refractivity contribution in [3.8, 4) is 10.8 Å². The predicted molar refractivity (Wildman–Crippen MR) is 69.2 cm³/mol. The van der Waals surface area contributed by atoms with Gasteiger partial charge in [-0.3, -0.25) is 10.1 Å². The summed E-state index contributed by atoms with van der Waals surface area (Å²) in [7, 11) is 0. The summed E-state index contributed by atoms with van der Waals surface area (Å²) in [6.07, 6.45) is 0. The number of carboxylic acid groups (broad SMARTS) is 1. The first-order chi connectivity index (χ1) is 8.56. The number of carbonyl (C=O) groups is 1. The third kappa shape index (κ3) is 3.15. The molecule has 2 aromatic heterocycles. The summed E-state index contributed by atoms with van der Waals surface area (Å²) >= 11 is 4.84. The molecule has 0 amide bonds. The highest BCUT2D eigenvalue weighted by Crippen LogP contribution is 2.30. The lowest BCUT2D eigenvalue weighted by molar-refractivity contribution is -0.139. The second kappa shape index (κ2) is 5.59. The van der Waals surface area contributed by atoms with Crippen LogP contribution in [0.4, 0.5) is 0 Å². The molecule has 0 saturated carbocycles. The molecule has 18 heavy (non-hydrogen) atoms. The van der Waals surface area contributed by atoms with Crippen LogP contribution in [0, 0.1) is 0 Å². The van der Waals surface area contributed by atoms with E-state index in [4.69, 9.17) is 9.52 Å². The molecular weight excluding hydrogens is 322 g/mol. The molecule has 2 heterocycles. The standard InChI is InChI=1S/C10H10BrN3O3S/c1-5(10(15)16)12-4-8-13-14-9(17-8)6-2-3-7(11)18-6/h2-3,5,12H,4H2,1H3,(H,15,16). The van der Waals surface area contributed by atoms with Crippen LogP contribution in [0.2, 0.25) is 0 Å². The molecule has 1 atom stereocenters. The van der Waals surface area contributed by atoms with Gasteiger partial charge in [0.15, 0.2) is 0 Å². The second-order valence-corrected chi connectivity index (χ2v) is 6.01. The molecule has 0 spiro atoms. The second-order valence-electron chi connectivity index (χ2n) is 3.55. The van der Waals surface area contributed by atoms with Crippen LogP contribution in [-0.4, -0.2) is 27.3 Å². The molecule has 0 aliphatic rings. The number of halogens is 1. The van der Waals surface area contributed by atoms with Crippen LogP contribution in [-0.2, 0) is 11.3 Å². The van der Waals surface area contributed by atoms with E-state index in [0.29, 0.717) is 11.8 Å². The van der Waals surface area contributed by atoms with Crippen molar-refractivity contribution in [1.29, 1.82) is 0 Å². The molecule has 6 nitrogen and oxygen atoms in total. The first-order valence-electron chi connectivity index (χ1n) is 5.10. The molecule has 0 aromatic carbocycles. The summed E-state index contributed by atoms with van der Waals surface area (Å²) < 4.78 is 6.41. The van der Waals surface area contributed by atoms with Gasteiger partial charge in [-0.05, 0) is 35.0 Å². The fourth-order valence-electron chi connectivity index (χ4n) is 1.18. The molecule has 0 radical (unpaired) electrons. The van der Waals surface area contributed by atoms with E-state index >= 15 is 0 Å². The summed E-state index contributed by atoms with van der Waals surface area (Å²) in [5.41, 5.74) is 0. The molecule has 2 rings (SSSR count). The average molecular weight is 332 g/mol. The zero-order chi connectivity index (χ0) is 13.1. The number of aromatic nitrogens is 2. The van der Waals surface area contributed by atoms with Crippen molar-refractivity contribution in [2.45, 2.75) is 19.5 Å². The number of hydrogen-bond acceptors (Lipinski definition) is 6. The Balaban J connectivity index is 2.00. The van der Waals surface area contributed by atoms with Crippen molar-refractivity contribution in [3.63, 3.8) is 0 Å². The maximum absolute atomic E-state index is 10.6. The smallest absolute Gasteiger partial charge is 0.320 e. The minimum atomic E-state index is -0.920. The number of nitrogens with zero attached hydrogens (tertiary/aromatic N) is 2. The number of hydrogen-bond donors (Lipinski definition) is 2. The Morgan fingerprint density at radius 2 is 2.39 bits per heavy atom. The van der Waals surface area contributed by atoms with Gasteiger partial charge in [-0.2, -0.15) is 0 Å². The molecule has 0 aliphatic heterocycles. The Morgan fingerprint density at radius 3 is 3.00 bits per heavy atom. The van der Waals surface area contributed by atoms with Gasteiger partial charge in [0.2, 0.25) is 5.89 Å². The van der Waals surface area contributed by atoms with Crippen LogP contribution < -0.4 is 5.32 Å². The van der Waals surface area contributed by atoms with Crippen molar-refractivity contribution in [1.82, 2.24) is 15.5 Å². The van der Waals surface area contributed by atoms with E-state index in [1.165, 1.54) is 11.3 Å². The fraction of sp³-hybridized carbons (Fsp3) is 0.300. The van der Waals surface area contributed by atoms with Crippen LogP contribution in [0.3, 0.4) is 0 Å². The lowest BCUT2D eigenvalue weighted by atomic mass is 10.3. The third-order valence-corrected chi connectivity index (χ3v) is 3.79. The SMILES string of the molecule is CC(NCc1nnc(-c2ccc(Br)s2)o1)C(=O)O. The van der Waals surface area contributed by atoms with Gasteiger partial charge in [0.05, 0.1) is 15.2 Å².